The standard InChI is InChI=1S/C16H18N2O4S/c1-11(2)22-16(21)12-3-5-13(6-4-12)17-14(19)9-18-7-8-23-10-15(18)20/h3-8,11H,9-10H2,1-2H3,(H,17,19). The van der Waals surface area contributed by atoms with Crippen LogP contribution in [0.2, 0.25) is 0 Å². The lowest BCUT2D eigenvalue weighted by atomic mass is 10.2. The Morgan fingerprint density at radius 1 is 1.30 bits per heavy atom. The molecule has 1 aromatic carbocycles. The third kappa shape index (κ3) is 5.14. The van der Waals surface area contributed by atoms with Gasteiger partial charge in [-0.05, 0) is 43.5 Å². The summed E-state index contributed by atoms with van der Waals surface area (Å²) in [5.41, 5.74) is 0.974. The van der Waals surface area contributed by atoms with Gasteiger partial charge in [0, 0.05) is 11.9 Å². The smallest absolute Gasteiger partial charge is 0.338 e. The van der Waals surface area contributed by atoms with E-state index in [-0.39, 0.29) is 24.5 Å². The molecule has 1 N–H and O–H groups in total. The number of hydrogen-bond donors (Lipinski definition) is 1. The normalized spacial score (nSPS) is 14.0. The number of carbonyl (C=O) groups is 3. The molecule has 2 amide bonds. The minimum atomic E-state index is -0.403. The van der Waals surface area contributed by atoms with Crippen LogP contribution in [0.15, 0.2) is 35.9 Å². The lowest BCUT2D eigenvalue weighted by molar-refractivity contribution is -0.129. The highest BCUT2D eigenvalue weighted by Gasteiger charge is 2.17. The SMILES string of the molecule is CC(C)OC(=O)c1ccc(NC(=O)CN2C=CSCC2=O)cc1. The lowest BCUT2D eigenvalue weighted by Gasteiger charge is -2.20. The Kier molecular flexibility index (Phi) is 5.81. The highest BCUT2D eigenvalue weighted by Crippen LogP contribution is 2.14. The van der Waals surface area contributed by atoms with Crippen LogP contribution >= 0.6 is 11.8 Å². The zero-order valence-electron chi connectivity index (χ0n) is 12.9. The molecule has 6 nitrogen and oxygen atoms in total. The topological polar surface area (TPSA) is 75.7 Å². The molecule has 0 unspecified atom stereocenters. The van der Waals surface area contributed by atoms with Crippen molar-refractivity contribution in [1.82, 2.24) is 4.90 Å². The van der Waals surface area contributed by atoms with Crippen LogP contribution in [0.3, 0.4) is 0 Å². The first-order chi connectivity index (χ1) is 11.0. The van der Waals surface area contributed by atoms with Crippen molar-refractivity contribution in [3.8, 4) is 0 Å². The molecule has 2 rings (SSSR count). The van der Waals surface area contributed by atoms with Crippen LogP contribution in [0.5, 0.6) is 0 Å². The summed E-state index contributed by atoms with van der Waals surface area (Å²) in [7, 11) is 0. The van der Waals surface area contributed by atoms with Crippen LogP contribution in [0, 0.1) is 0 Å². The number of ether oxygens (including phenoxy) is 1. The highest BCUT2D eigenvalue weighted by atomic mass is 32.2. The third-order valence-corrected chi connectivity index (χ3v) is 3.65. The van der Waals surface area contributed by atoms with Crippen molar-refractivity contribution in [1.29, 1.82) is 0 Å². The van der Waals surface area contributed by atoms with E-state index in [0.29, 0.717) is 17.0 Å². The Bertz CT molecular complexity index is 625. The fraction of sp³-hybridized carbons (Fsp3) is 0.312. The summed E-state index contributed by atoms with van der Waals surface area (Å²) in [4.78, 5) is 36.7. The Balaban J connectivity index is 1.91. The van der Waals surface area contributed by atoms with Crippen LogP contribution in [0.25, 0.3) is 0 Å². The van der Waals surface area contributed by atoms with Gasteiger partial charge in [-0.1, -0.05) is 0 Å². The molecule has 0 fully saturated rings. The number of nitrogens with one attached hydrogen (secondary N) is 1. The van der Waals surface area contributed by atoms with Crippen LogP contribution in [-0.4, -0.2) is 41.1 Å². The molecule has 0 radical (unpaired) electrons. The quantitative estimate of drug-likeness (QED) is 0.836. The van der Waals surface area contributed by atoms with Gasteiger partial charge in [-0.25, -0.2) is 4.79 Å². The summed E-state index contributed by atoms with van der Waals surface area (Å²) in [6.45, 7) is 3.52. The fourth-order valence-electron chi connectivity index (χ4n) is 1.87. The molecule has 0 atom stereocenters. The fourth-order valence-corrected chi connectivity index (χ4v) is 2.51. The van der Waals surface area contributed by atoms with E-state index in [2.05, 4.69) is 5.32 Å². The van der Waals surface area contributed by atoms with Gasteiger partial charge in [-0.15, -0.1) is 11.8 Å². The highest BCUT2D eigenvalue weighted by molar-refractivity contribution is 8.02. The van der Waals surface area contributed by atoms with Crippen LogP contribution < -0.4 is 5.32 Å². The molecule has 0 saturated heterocycles. The Labute approximate surface area is 138 Å². The molecule has 1 aromatic rings. The van der Waals surface area contributed by atoms with Gasteiger partial charge in [0.2, 0.25) is 11.8 Å². The largest absolute Gasteiger partial charge is 0.459 e. The zero-order valence-corrected chi connectivity index (χ0v) is 13.8. The molecule has 122 valence electrons. The zero-order chi connectivity index (χ0) is 16.8. The second kappa shape index (κ2) is 7.82. The molecule has 1 aliphatic heterocycles. The van der Waals surface area contributed by atoms with Crippen molar-refractivity contribution in [2.45, 2.75) is 20.0 Å². The van der Waals surface area contributed by atoms with Gasteiger partial charge in [-0.3, -0.25) is 9.59 Å². The van der Waals surface area contributed by atoms with E-state index in [1.165, 1.54) is 16.7 Å². The second-order valence-corrected chi connectivity index (χ2v) is 6.09. The monoisotopic (exact) mass is 334 g/mol. The number of nitrogens with zero attached hydrogens (tertiary/aromatic N) is 1. The average molecular weight is 334 g/mol. The van der Waals surface area contributed by atoms with Crippen LogP contribution in [0.1, 0.15) is 24.2 Å². The van der Waals surface area contributed by atoms with E-state index in [1.807, 2.05) is 0 Å². The molecule has 1 heterocycles. The summed E-state index contributed by atoms with van der Waals surface area (Å²) in [5.74, 6) is -0.456. The predicted molar refractivity (Wildman–Crippen MR) is 88.9 cm³/mol. The van der Waals surface area contributed by atoms with E-state index in [1.54, 1.807) is 49.7 Å². The maximum absolute atomic E-state index is 12.0. The Morgan fingerprint density at radius 3 is 2.61 bits per heavy atom. The molecule has 0 spiro atoms. The molecule has 1 aliphatic rings. The number of anilines is 1. The van der Waals surface area contributed by atoms with Crippen LogP contribution in [0.4, 0.5) is 5.69 Å². The molecule has 23 heavy (non-hydrogen) atoms. The Hall–Kier alpha value is -2.28. The van der Waals surface area contributed by atoms with Crippen molar-refractivity contribution in [2.75, 3.05) is 17.6 Å². The van der Waals surface area contributed by atoms with E-state index in [9.17, 15) is 14.4 Å². The number of hydrogen-bond acceptors (Lipinski definition) is 5. The third-order valence-electron chi connectivity index (χ3n) is 2.93. The number of amides is 2. The number of rotatable bonds is 5. The van der Waals surface area contributed by atoms with Crippen molar-refractivity contribution in [3.05, 3.63) is 41.4 Å². The number of thioether (sulfide) groups is 1. The van der Waals surface area contributed by atoms with Gasteiger partial charge < -0.3 is 15.0 Å². The summed E-state index contributed by atoms with van der Waals surface area (Å²) in [5, 5.41) is 4.47. The molecule has 0 bridgehead atoms. The molecular formula is C16H18N2O4S. The van der Waals surface area contributed by atoms with Crippen molar-refractivity contribution >= 4 is 35.2 Å². The first-order valence-corrected chi connectivity index (χ1v) is 8.19. The van der Waals surface area contributed by atoms with Crippen molar-refractivity contribution in [3.63, 3.8) is 0 Å². The lowest BCUT2D eigenvalue weighted by Crippen LogP contribution is -2.36. The summed E-state index contributed by atoms with van der Waals surface area (Å²) < 4.78 is 5.09. The molecule has 0 aromatic heterocycles. The maximum atomic E-state index is 12.0. The minimum absolute atomic E-state index is 0.0347. The van der Waals surface area contributed by atoms with Crippen molar-refractivity contribution in [2.24, 2.45) is 0 Å². The van der Waals surface area contributed by atoms with Gasteiger partial charge in [-0.2, -0.15) is 0 Å². The van der Waals surface area contributed by atoms with Gasteiger partial charge in [0.25, 0.3) is 0 Å². The van der Waals surface area contributed by atoms with E-state index in [0.717, 1.165) is 0 Å². The van der Waals surface area contributed by atoms with Crippen molar-refractivity contribution < 1.29 is 19.1 Å². The van der Waals surface area contributed by atoms with E-state index in [4.69, 9.17) is 4.74 Å². The first kappa shape index (κ1) is 17.1. The van der Waals surface area contributed by atoms with Gasteiger partial charge >= 0.3 is 5.97 Å². The van der Waals surface area contributed by atoms with E-state index >= 15 is 0 Å². The summed E-state index contributed by atoms with van der Waals surface area (Å²) in [6.07, 6.45) is 1.41. The number of esters is 1. The predicted octanol–water partition coefficient (Wildman–Crippen LogP) is 2.24. The maximum Gasteiger partial charge on any atom is 0.338 e. The van der Waals surface area contributed by atoms with E-state index < -0.39 is 5.97 Å². The molecule has 0 aliphatic carbocycles. The summed E-state index contributed by atoms with van der Waals surface area (Å²) in [6, 6.07) is 6.42. The second-order valence-electron chi connectivity index (χ2n) is 5.20. The Morgan fingerprint density at radius 2 is 2.00 bits per heavy atom. The van der Waals surface area contributed by atoms with Gasteiger partial charge in [0.15, 0.2) is 0 Å². The molecule has 7 heteroatoms. The number of carbonyl (C=O) groups excluding carboxylic acids is 3. The molecular weight excluding hydrogens is 316 g/mol. The van der Waals surface area contributed by atoms with Gasteiger partial charge in [0.05, 0.1) is 17.4 Å². The van der Waals surface area contributed by atoms with Gasteiger partial charge in [0.1, 0.15) is 6.54 Å². The molecule has 0 saturated carbocycles. The number of benzene rings is 1. The average Bonchev–Trinajstić information content (AvgIpc) is 2.49. The minimum Gasteiger partial charge on any atom is -0.459 e. The summed E-state index contributed by atoms with van der Waals surface area (Å²) >= 11 is 1.40. The van der Waals surface area contributed by atoms with Crippen LogP contribution in [-0.2, 0) is 14.3 Å². The first-order valence-electron chi connectivity index (χ1n) is 7.14.